The normalized spacial score (nSPS) is 40.5. The molecule has 2 fully saturated rings. The van der Waals surface area contributed by atoms with E-state index in [2.05, 4.69) is 54.5 Å². The fraction of sp³-hybridized carbons (Fsp3) is 0.867. The van der Waals surface area contributed by atoms with Gasteiger partial charge in [-0.3, -0.25) is 0 Å². The Morgan fingerprint density at radius 1 is 0.967 bits per heavy atom. The minimum Gasteiger partial charge on any atom is -0.0853 e. The van der Waals surface area contributed by atoms with Gasteiger partial charge in [0.1, 0.15) is 0 Å². The van der Waals surface area contributed by atoms with Crippen LogP contribution in [-0.2, 0) is 0 Å². The molecule has 4 aliphatic carbocycles. The lowest BCUT2D eigenvalue weighted by atomic mass is 9.49. The highest BCUT2D eigenvalue weighted by molar-refractivity contribution is 5.36. The molecule has 0 N–H and O–H groups in total. The average molecular weight is 411 g/mol. The van der Waals surface area contributed by atoms with Gasteiger partial charge in [0.2, 0.25) is 0 Å². The van der Waals surface area contributed by atoms with Crippen LogP contribution in [0.3, 0.4) is 0 Å². The van der Waals surface area contributed by atoms with E-state index in [0.717, 1.165) is 35.5 Å². The van der Waals surface area contributed by atoms with E-state index in [1.54, 1.807) is 5.57 Å². The third-order valence-corrected chi connectivity index (χ3v) is 11.1. The summed E-state index contributed by atoms with van der Waals surface area (Å²) in [6.45, 7) is 17.7. The summed E-state index contributed by atoms with van der Waals surface area (Å²) in [7, 11) is 0. The van der Waals surface area contributed by atoms with Gasteiger partial charge in [0.05, 0.1) is 0 Å². The van der Waals surface area contributed by atoms with Gasteiger partial charge in [-0.25, -0.2) is 0 Å². The van der Waals surface area contributed by atoms with Gasteiger partial charge in [-0.15, -0.1) is 0 Å². The van der Waals surface area contributed by atoms with E-state index in [9.17, 15) is 0 Å². The number of hydrogen-bond donors (Lipinski definition) is 0. The van der Waals surface area contributed by atoms with Crippen molar-refractivity contribution in [1.82, 2.24) is 0 Å². The minimum atomic E-state index is 0.521. The molecule has 0 aromatic carbocycles. The van der Waals surface area contributed by atoms with Crippen LogP contribution in [-0.4, -0.2) is 0 Å². The maximum Gasteiger partial charge on any atom is -0.00825 e. The van der Waals surface area contributed by atoms with Crippen LogP contribution in [0.4, 0.5) is 0 Å². The van der Waals surface area contributed by atoms with Crippen LogP contribution in [0.25, 0.3) is 0 Å². The van der Waals surface area contributed by atoms with Crippen LogP contribution in [0.15, 0.2) is 22.8 Å². The highest BCUT2D eigenvalue weighted by Gasteiger charge is 2.55. The second-order valence-electron chi connectivity index (χ2n) is 12.7. The van der Waals surface area contributed by atoms with Crippen LogP contribution in [0.2, 0.25) is 0 Å². The van der Waals surface area contributed by atoms with Gasteiger partial charge in [-0.2, -0.15) is 0 Å². The van der Waals surface area contributed by atoms with Gasteiger partial charge >= 0.3 is 0 Å². The van der Waals surface area contributed by atoms with Gasteiger partial charge in [0.25, 0.3) is 0 Å². The van der Waals surface area contributed by atoms with E-state index >= 15 is 0 Å². The SMILES string of the molecule is CC[C@@H](CC[C@@H](C)[C@H]1CCC2=C3CC[C@H]4C(C)=CCC[C@]4(C)C3CC[C@@]21C)C(C)C. The van der Waals surface area contributed by atoms with Crippen LogP contribution in [0, 0.1) is 46.3 Å². The van der Waals surface area contributed by atoms with Gasteiger partial charge in [-0.1, -0.05) is 77.2 Å². The first-order valence-corrected chi connectivity index (χ1v) is 13.6. The molecule has 0 spiro atoms. The first-order chi connectivity index (χ1) is 14.2. The van der Waals surface area contributed by atoms with Crippen molar-refractivity contribution in [2.75, 3.05) is 0 Å². The molecule has 1 unspecified atom stereocenters. The van der Waals surface area contributed by atoms with Crippen LogP contribution < -0.4 is 0 Å². The number of fused-ring (bicyclic) bond motifs is 4. The van der Waals surface area contributed by atoms with Crippen LogP contribution in [0.5, 0.6) is 0 Å². The van der Waals surface area contributed by atoms with E-state index in [4.69, 9.17) is 0 Å². The number of hydrogen-bond acceptors (Lipinski definition) is 0. The Hall–Kier alpha value is -0.520. The Bertz CT molecular complexity index is 693. The molecule has 0 amide bonds. The van der Waals surface area contributed by atoms with Crippen LogP contribution >= 0.6 is 0 Å². The minimum absolute atomic E-state index is 0.521. The summed E-state index contributed by atoms with van der Waals surface area (Å²) in [6, 6.07) is 0. The molecule has 7 atom stereocenters. The molecule has 0 aromatic rings. The zero-order valence-corrected chi connectivity index (χ0v) is 21.3. The quantitative estimate of drug-likeness (QED) is 0.382. The largest absolute Gasteiger partial charge is 0.0853 e. The third kappa shape index (κ3) is 3.57. The Kier molecular flexibility index (Phi) is 6.38. The van der Waals surface area contributed by atoms with Gasteiger partial charge in [0.15, 0.2) is 0 Å². The summed E-state index contributed by atoms with van der Waals surface area (Å²) in [5, 5.41) is 0. The lowest BCUT2D eigenvalue weighted by Gasteiger charge is -2.56. The molecule has 0 heteroatoms. The Balaban J connectivity index is 1.54. The first kappa shape index (κ1) is 22.7. The first-order valence-electron chi connectivity index (χ1n) is 13.6. The summed E-state index contributed by atoms with van der Waals surface area (Å²) in [4.78, 5) is 0. The Labute approximate surface area is 188 Å². The maximum absolute atomic E-state index is 2.69. The molecule has 170 valence electrons. The molecule has 0 bridgehead atoms. The van der Waals surface area contributed by atoms with E-state index in [1.165, 1.54) is 70.6 Å². The van der Waals surface area contributed by atoms with Gasteiger partial charge in [-0.05, 0) is 111 Å². The maximum atomic E-state index is 2.69. The molecular weight excluding hydrogens is 360 g/mol. The highest BCUT2D eigenvalue weighted by atomic mass is 14.6. The molecule has 2 saturated carbocycles. The zero-order chi connectivity index (χ0) is 21.7. The predicted molar refractivity (Wildman–Crippen MR) is 131 cm³/mol. The smallest absolute Gasteiger partial charge is 0.00825 e. The van der Waals surface area contributed by atoms with Crippen molar-refractivity contribution < 1.29 is 0 Å². The third-order valence-electron chi connectivity index (χ3n) is 11.1. The summed E-state index contributed by atoms with van der Waals surface area (Å²) in [5.41, 5.74) is 6.73. The molecule has 0 aliphatic heterocycles. The molecular formula is C30H50. The monoisotopic (exact) mass is 410 g/mol. The van der Waals surface area contributed by atoms with Gasteiger partial charge < -0.3 is 0 Å². The lowest BCUT2D eigenvalue weighted by molar-refractivity contribution is 0.0460. The Morgan fingerprint density at radius 3 is 2.43 bits per heavy atom. The lowest BCUT2D eigenvalue weighted by Crippen LogP contribution is -2.46. The average Bonchev–Trinajstić information content (AvgIpc) is 3.05. The van der Waals surface area contributed by atoms with Crippen LogP contribution in [0.1, 0.15) is 119 Å². The van der Waals surface area contributed by atoms with E-state index in [1.807, 2.05) is 11.1 Å². The van der Waals surface area contributed by atoms with E-state index in [0.29, 0.717) is 10.8 Å². The standard InChI is InChI=1S/C30H50/c1-8-23(20(2)3)12-11-22(5)26-15-16-27-24-13-14-25-21(4)10-9-18-29(25,6)28(24)17-19-30(26,27)7/h10,20,22-23,25-26,28H,8-9,11-19H2,1-7H3/t22-,23+,25+,26-,28?,29+,30-/m1/s1. The summed E-state index contributed by atoms with van der Waals surface area (Å²) in [5.74, 6) is 5.35. The van der Waals surface area contributed by atoms with Crippen molar-refractivity contribution in [2.24, 2.45) is 46.3 Å². The Morgan fingerprint density at radius 2 is 1.73 bits per heavy atom. The second kappa shape index (κ2) is 8.44. The van der Waals surface area contributed by atoms with Crippen molar-refractivity contribution in [2.45, 2.75) is 119 Å². The zero-order valence-electron chi connectivity index (χ0n) is 21.3. The molecule has 0 aromatic heterocycles. The molecule has 4 rings (SSSR count). The van der Waals surface area contributed by atoms with E-state index < -0.39 is 0 Å². The molecule has 4 aliphatic rings. The van der Waals surface area contributed by atoms with Crippen molar-refractivity contribution >= 4 is 0 Å². The fourth-order valence-electron chi connectivity index (χ4n) is 9.19. The molecule has 0 heterocycles. The predicted octanol–water partition coefficient (Wildman–Crippen LogP) is 9.36. The van der Waals surface area contributed by atoms with Gasteiger partial charge in [0, 0.05) is 0 Å². The highest BCUT2D eigenvalue weighted by Crippen LogP contribution is 2.66. The van der Waals surface area contributed by atoms with E-state index in [-0.39, 0.29) is 0 Å². The molecule has 0 nitrogen and oxygen atoms in total. The van der Waals surface area contributed by atoms with Crippen molar-refractivity contribution in [1.29, 1.82) is 0 Å². The molecule has 0 radical (unpaired) electrons. The topological polar surface area (TPSA) is 0 Å². The molecule has 30 heavy (non-hydrogen) atoms. The summed E-state index contributed by atoms with van der Waals surface area (Å²) in [6.07, 6.45) is 18.3. The fourth-order valence-corrected chi connectivity index (χ4v) is 9.19. The molecule has 0 saturated heterocycles. The summed E-state index contributed by atoms with van der Waals surface area (Å²) >= 11 is 0. The summed E-state index contributed by atoms with van der Waals surface area (Å²) < 4.78 is 0. The van der Waals surface area contributed by atoms with Crippen molar-refractivity contribution in [3.05, 3.63) is 22.8 Å². The second-order valence-corrected chi connectivity index (χ2v) is 12.7. The van der Waals surface area contributed by atoms with Crippen molar-refractivity contribution in [3.63, 3.8) is 0 Å². The van der Waals surface area contributed by atoms with Crippen molar-refractivity contribution in [3.8, 4) is 0 Å². The number of allylic oxidation sites excluding steroid dienone is 4. The number of rotatable bonds is 6.